The summed E-state index contributed by atoms with van der Waals surface area (Å²) in [4.78, 5) is 20.6. The molecule has 11 heteroatoms. The lowest BCUT2D eigenvalue weighted by Crippen LogP contribution is -2.12. The molecule has 0 aliphatic carbocycles. The van der Waals surface area contributed by atoms with Crippen LogP contribution in [0.25, 0.3) is 16.6 Å². The molecule has 3 heterocycles. The topological polar surface area (TPSA) is 84.2 Å². The number of benzene rings is 2. The fourth-order valence-electron chi connectivity index (χ4n) is 3.42. The van der Waals surface area contributed by atoms with Crippen molar-refractivity contribution in [2.45, 2.75) is 6.18 Å². The van der Waals surface area contributed by atoms with Gasteiger partial charge in [-0.3, -0.25) is 4.79 Å². The summed E-state index contributed by atoms with van der Waals surface area (Å²) in [5.41, 5.74) is 0.935. The Kier molecular flexibility index (Phi) is 5.29. The Balaban J connectivity index is 1.42. The quantitative estimate of drug-likeness (QED) is 0.331. The van der Waals surface area contributed by atoms with E-state index in [2.05, 4.69) is 25.7 Å². The molecule has 170 valence electrons. The molecule has 0 spiro atoms. The van der Waals surface area contributed by atoms with E-state index in [0.29, 0.717) is 22.4 Å². The highest BCUT2D eigenvalue weighted by atomic mass is 35.5. The Labute approximate surface area is 195 Å². The molecule has 0 aliphatic rings. The van der Waals surface area contributed by atoms with E-state index in [1.54, 1.807) is 54.6 Å². The van der Waals surface area contributed by atoms with E-state index in [1.165, 1.54) is 16.8 Å². The predicted octanol–water partition coefficient (Wildman–Crippen LogP) is 5.95. The zero-order valence-electron chi connectivity index (χ0n) is 17.1. The van der Waals surface area contributed by atoms with Crippen molar-refractivity contribution in [3.63, 3.8) is 0 Å². The van der Waals surface area contributed by atoms with Crippen LogP contribution in [-0.4, -0.2) is 25.5 Å². The minimum atomic E-state index is -4.59. The maximum atomic E-state index is 13.3. The van der Waals surface area contributed by atoms with Gasteiger partial charge >= 0.3 is 6.18 Å². The molecule has 7 nitrogen and oxygen atoms in total. The van der Waals surface area contributed by atoms with Gasteiger partial charge in [0.05, 0.1) is 17.4 Å². The molecule has 0 unspecified atom stereocenters. The second-order valence-electron chi connectivity index (χ2n) is 7.31. The van der Waals surface area contributed by atoms with Crippen LogP contribution in [0.1, 0.15) is 16.2 Å². The summed E-state index contributed by atoms with van der Waals surface area (Å²) in [5, 5.41) is 10.6. The van der Waals surface area contributed by atoms with E-state index in [4.69, 9.17) is 11.6 Å². The molecule has 1 amide bonds. The molecule has 2 aromatic carbocycles. The number of carbonyl (C=O) groups excluding carboxylic acids is 1. The first-order valence-electron chi connectivity index (χ1n) is 9.94. The van der Waals surface area contributed by atoms with E-state index in [0.717, 1.165) is 6.07 Å². The molecule has 5 aromatic rings. The van der Waals surface area contributed by atoms with Crippen LogP contribution < -0.4 is 10.6 Å². The van der Waals surface area contributed by atoms with Crippen LogP contribution in [0.5, 0.6) is 0 Å². The summed E-state index contributed by atoms with van der Waals surface area (Å²) in [5.74, 6) is -0.479. The first-order valence-corrected chi connectivity index (χ1v) is 10.3. The van der Waals surface area contributed by atoms with Crippen molar-refractivity contribution >= 4 is 51.1 Å². The van der Waals surface area contributed by atoms with Crippen LogP contribution in [0.4, 0.5) is 30.2 Å². The van der Waals surface area contributed by atoms with Gasteiger partial charge in [-0.25, -0.2) is 14.5 Å². The third kappa shape index (κ3) is 4.35. The Morgan fingerprint density at radius 2 is 1.74 bits per heavy atom. The summed E-state index contributed by atoms with van der Waals surface area (Å²) < 4.78 is 41.4. The standard InChI is InChI=1S/C23H14ClF3N6O/c24-20-8-9-21-31-18(12-33(21)32-20)22(34)29-14-5-3-4-13(10-14)28-17-11-19(23(25,26)27)30-16-7-2-1-6-15(16)17/h1-12H,(H,28,30)(H,29,34). The number of nitrogens with zero attached hydrogens (tertiary/aromatic N) is 4. The third-order valence-electron chi connectivity index (χ3n) is 4.93. The first-order chi connectivity index (χ1) is 16.3. The minimum Gasteiger partial charge on any atom is -0.355 e. The number of hydrogen-bond donors (Lipinski definition) is 2. The Hall–Kier alpha value is -4.18. The number of carbonyl (C=O) groups is 1. The number of nitrogens with one attached hydrogen (secondary N) is 2. The summed E-state index contributed by atoms with van der Waals surface area (Å²) in [6.07, 6.45) is -3.15. The van der Waals surface area contributed by atoms with E-state index in [-0.39, 0.29) is 22.1 Å². The zero-order chi connectivity index (χ0) is 23.9. The average Bonchev–Trinajstić information content (AvgIpc) is 3.22. The lowest BCUT2D eigenvalue weighted by atomic mass is 10.1. The van der Waals surface area contributed by atoms with Crippen LogP contribution in [0.15, 0.2) is 72.9 Å². The SMILES string of the molecule is O=C(Nc1cccc(Nc2cc(C(F)(F)F)nc3ccccc23)c1)c1cn2nc(Cl)ccc2n1. The monoisotopic (exact) mass is 482 g/mol. The van der Waals surface area contributed by atoms with E-state index in [9.17, 15) is 18.0 Å². The molecule has 0 fully saturated rings. The predicted molar refractivity (Wildman–Crippen MR) is 122 cm³/mol. The van der Waals surface area contributed by atoms with Gasteiger partial charge in [0.15, 0.2) is 5.65 Å². The number of imidazole rings is 1. The molecule has 0 saturated heterocycles. The average molecular weight is 483 g/mol. The van der Waals surface area contributed by atoms with Gasteiger partial charge in [0.1, 0.15) is 16.5 Å². The molecule has 5 rings (SSSR count). The number of aromatic nitrogens is 4. The molecule has 0 aliphatic heterocycles. The smallest absolute Gasteiger partial charge is 0.355 e. The molecular formula is C23H14ClF3N6O. The molecule has 3 aromatic heterocycles. The summed E-state index contributed by atoms with van der Waals surface area (Å²) in [6.45, 7) is 0. The first kappa shape index (κ1) is 21.7. The molecule has 0 atom stereocenters. The number of amides is 1. The van der Waals surface area contributed by atoms with Gasteiger partial charge in [-0.1, -0.05) is 35.9 Å². The highest BCUT2D eigenvalue weighted by molar-refractivity contribution is 6.29. The van der Waals surface area contributed by atoms with Crippen molar-refractivity contribution < 1.29 is 18.0 Å². The Morgan fingerprint density at radius 3 is 2.56 bits per heavy atom. The highest BCUT2D eigenvalue weighted by Gasteiger charge is 2.33. The molecule has 0 bridgehead atoms. The van der Waals surface area contributed by atoms with Crippen LogP contribution >= 0.6 is 11.6 Å². The van der Waals surface area contributed by atoms with Crippen molar-refractivity contribution in [2.75, 3.05) is 10.6 Å². The normalized spacial score (nSPS) is 11.6. The van der Waals surface area contributed by atoms with Gasteiger partial charge in [-0.2, -0.15) is 18.3 Å². The molecular weight excluding hydrogens is 469 g/mol. The number of para-hydroxylation sites is 1. The Morgan fingerprint density at radius 1 is 0.941 bits per heavy atom. The number of hydrogen-bond acceptors (Lipinski definition) is 5. The number of halogens is 4. The molecule has 34 heavy (non-hydrogen) atoms. The fourth-order valence-corrected chi connectivity index (χ4v) is 3.56. The second-order valence-corrected chi connectivity index (χ2v) is 7.70. The number of alkyl halides is 3. The summed E-state index contributed by atoms with van der Waals surface area (Å²) >= 11 is 5.86. The van der Waals surface area contributed by atoms with Gasteiger partial charge in [0.2, 0.25) is 0 Å². The number of rotatable bonds is 4. The molecule has 0 radical (unpaired) electrons. The second kappa shape index (κ2) is 8.31. The largest absolute Gasteiger partial charge is 0.433 e. The van der Waals surface area contributed by atoms with Gasteiger partial charge in [0, 0.05) is 16.8 Å². The van der Waals surface area contributed by atoms with Crippen molar-refractivity contribution in [3.8, 4) is 0 Å². The maximum Gasteiger partial charge on any atom is 0.433 e. The minimum absolute atomic E-state index is 0.128. The number of pyridine rings is 1. The van der Waals surface area contributed by atoms with Crippen LogP contribution in [0, 0.1) is 0 Å². The van der Waals surface area contributed by atoms with Gasteiger partial charge < -0.3 is 10.6 Å². The summed E-state index contributed by atoms with van der Waals surface area (Å²) in [6, 6.07) is 17.3. The van der Waals surface area contributed by atoms with Crippen LogP contribution in [0.2, 0.25) is 5.15 Å². The van der Waals surface area contributed by atoms with E-state index in [1.807, 2.05) is 0 Å². The van der Waals surface area contributed by atoms with Gasteiger partial charge in [0.25, 0.3) is 5.91 Å². The van der Waals surface area contributed by atoms with Crippen LogP contribution in [0.3, 0.4) is 0 Å². The Bertz CT molecular complexity index is 1550. The third-order valence-corrected chi connectivity index (χ3v) is 5.13. The van der Waals surface area contributed by atoms with Crippen molar-refractivity contribution in [1.29, 1.82) is 0 Å². The summed E-state index contributed by atoms with van der Waals surface area (Å²) in [7, 11) is 0. The van der Waals surface area contributed by atoms with Crippen molar-refractivity contribution in [2.24, 2.45) is 0 Å². The number of fused-ring (bicyclic) bond motifs is 2. The molecule has 0 saturated carbocycles. The van der Waals surface area contributed by atoms with E-state index < -0.39 is 17.8 Å². The van der Waals surface area contributed by atoms with E-state index >= 15 is 0 Å². The fraction of sp³-hybridized carbons (Fsp3) is 0.0435. The van der Waals surface area contributed by atoms with Crippen molar-refractivity contribution in [1.82, 2.24) is 19.6 Å². The van der Waals surface area contributed by atoms with Crippen molar-refractivity contribution in [3.05, 3.63) is 89.5 Å². The zero-order valence-corrected chi connectivity index (χ0v) is 17.9. The highest BCUT2D eigenvalue weighted by Crippen LogP contribution is 2.34. The van der Waals surface area contributed by atoms with Crippen LogP contribution in [-0.2, 0) is 6.18 Å². The molecule has 2 N–H and O–H groups in total. The maximum absolute atomic E-state index is 13.3. The lowest BCUT2D eigenvalue weighted by molar-refractivity contribution is -0.140. The van der Waals surface area contributed by atoms with Gasteiger partial charge in [-0.05, 0) is 42.5 Å². The number of anilines is 3. The van der Waals surface area contributed by atoms with Gasteiger partial charge in [-0.15, -0.1) is 0 Å². The lowest BCUT2D eigenvalue weighted by Gasteiger charge is -2.14.